The molecule has 0 saturated carbocycles. The largest absolute Gasteiger partial charge is 0.349 e. The van der Waals surface area contributed by atoms with Gasteiger partial charge in [-0.05, 0) is 24.8 Å². The molecule has 5 nitrogen and oxygen atoms in total. The molecule has 1 unspecified atom stereocenters. The minimum Gasteiger partial charge on any atom is -0.349 e. The van der Waals surface area contributed by atoms with Gasteiger partial charge in [0.1, 0.15) is 29.6 Å². The maximum Gasteiger partial charge on any atom is 0.188 e. The first-order valence-corrected chi connectivity index (χ1v) is 10.1. The second kappa shape index (κ2) is 7.79. The number of nitrogens with one attached hydrogen (secondary N) is 1. The Hall–Kier alpha value is -2.61. The van der Waals surface area contributed by atoms with Crippen molar-refractivity contribution in [2.24, 2.45) is 0 Å². The maximum absolute atomic E-state index is 14.3. The lowest BCUT2D eigenvalue weighted by Crippen LogP contribution is -2.24. The van der Waals surface area contributed by atoms with Gasteiger partial charge < -0.3 is 10.2 Å². The van der Waals surface area contributed by atoms with Crippen LogP contribution in [0.4, 0.5) is 25.5 Å². The van der Waals surface area contributed by atoms with Gasteiger partial charge in [-0.2, -0.15) is 0 Å². The average Bonchev–Trinajstić information content (AvgIpc) is 3.32. The van der Waals surface area contributed by atoms with Gasteiger partial charge in [0, 0.05) is 35.3 Å². The van der Waals surface area contributed by atoms with Crippen molar-refractivity contribution in [3.05, 3.63) is 58.9 Å². The summed E-state index contributed by atoms with van der Waals surface area (Å²) in [7, 11) is 0. The highest BCUT2D eigenvalue weighted by Gasteiger charge is 2.29. The molecule has 4 rings (SSSR count). The van der Waals surface area contributed by atoms with Gasteiger partial charge in [-0.15, -0.1) is 11.3 Å². The van der Waals surface area contributed by atoms with E-state index in [9.17, 15) is 8.78 Å². The van der Waals surface area contributed by atoms with E-state index in [0.717, 1.165) is 30.6 Å². The van der Waals surface area contributed by atoms with E-state index in [1.54, 1.807) is 11.3 Å². The number of rotatable bonds is 5. The Morgan fingerprint density at radius 2 is 2.04 bits per heavy atom. The summed E-state index contributed by atoms with van der Waals surface area (Å²) < 4.78 is 27.6. The lowest BCUT2D eigenvalue weighted by molar-refractivity contribution is 0.553. The average molecular weight is 401 g/mol. The summed E-state index contributed by atoms with van der Waals surface area (Å²) in [6.07, 6.45) is 5.07. The van der Waals surface area contributed by atoms with Crippen molar-refractivity contribution in [3.8, 4) is 0 Å². The van der Waals surface area contributed by atoms with Crippen molar-refractivity contribution in [2.45, 2.75) is 38.6 Å². The Morgan fingerprint density at radius 3 is 2.79 bits per heavy atom. The molecule has 1 aliphatic heterocycles. The van der Waals surface area contributed by atoms with E-state index >= 15 is 0 Å². The molecule has 1 aliphatic rings. The Balaban J connectivity index is 1.57. The second-order valence-corrected chi connectivity index (χ2v) is 8.19. The van der Waals surface area contributed by atoms with Gasteiger partial charge in [0.25, 0.3) is 0 Å². The molecule has 28 heavy (non-hydrogen) atoms. The molecule has 2 aromatic heterocycles. The molecule has 0 amide bonds. The molecule has 0 aliphatic carbocycles. The first kappa shape index (κ1) is 18.7. The van der Waals surface area contributed by atoms with Crippen LogP contribution >= 0.6 is 11.3 Å². The predicted molar refractivity (Wildman–Crippen MR) is 107 cm³/mol. The highest BCUT2D eigenvalue weighted by atomic mass is 32.1. The third-order valence-electron chi connectivity index (χ3n) is 4.85. The molecule has 146 valence electrons. The van der Waals surface area contributed by atoms with Crippen molar-refractivity contribution in [3.63, 3.8) is 0 Å². The zero-order chi connectivity index (χ0) is 19.7. The fraction of sp³-hybridized carbons (Fsp3) is 0.350. The molecule has 0 radical (unpaired) electrons. The summed E-state index contributed by atoms with van der Waals surface area (Å²) in [6, 6.07) is 5.44. The van der Waals surface area contributed by atoms with Crippen LogP contribution in [0, 0.1) is 11.6 Å². The summed E-state index contributed by atoms with van der Waals surface area (Å²) in [5, 5.41) is 4.00. The molecule has 0 bridgehead atoms. The third-order valence-corrected chi connectivity index (χ3v) is 6.06. The van der Waals surface area contributed by atoms with Crippen LogP contribution in [0.1, 0.15) is 49.1 Å². The van der Waals surface area contributed by atoms with Crippen molar-refractivity contribution < 1.29 is 8.78 Å². The lowest BCUT2D eigenvalue weighted by Gasteiger charge is -2.26. The fourth-order valence-electron chi connectivity index (χ4n) is 3.43. The first-order chi connectivity index (χ1) is 13.5. The highest BCUT2D eigenvalue weighted by Crippen LogP contribution is 2.37. The molecule has 1 atom stereocenters. The van der Waals surface area contributed by atoms with Gasteiger partial charge >= 0.3 is 0 Å². The molecule has 8 heteroatoms. The molecule has 3 aromatic rings. The second-order valence-electron chi connectivity index (χ2n) is 7.13. The summed E-state index contributed by atoms with van der Waals surface area (Å²) in [4.78, 5) is 16.3. The van der Waals surface area contributed by atoms with Crippen molar-refractivity contribution in [1.29, 1.82) is 0 Å². The van der Waals surface area contributed by atoms with E-state index in [1.807, 2.05) is 17.2 Å². The Kier molecular flexibility index (Phi) is 5.21. The molecule has 1 saturated heterocycles. The number of halogens is 2. The van der Waals surface area contributed by atoms with E-state index in [-0.39, 0.29) is 6.04 Å². The molecular weight excluding hydrogens is 380 g/mol. The topological polar surface area (TPSA) is 53.9 Å². The normalized spacial score (nSPS) is 16.8. The smallest absolute Gasteiger partial charge is 0.188 e. The minimum absolute atomic E-state index is 0.171. The number of aromatic nitrogens is 3. The molecule has 3 heterocycles. The van der Waals surface area contributed by atoms with Crippen LogP contribution in [0.2, 0.25) is 0 Å². The summed E-state index contributed by atoms with van der Waals surface area (Å²) >= 11 is 1.59. The minimum atomic E-state index is -0.566. The molecule has 1 N–H and O–H groups in total. The number of thiazole rings is 1. The maximum atomic E-state index is 14.3. The zero-order valence-electron chi connectivity index (χ0n) is 15.7. The van der Waals surface area contributed by atoms with Gasteiger partial charge in [-0.3, -0.25) is 0 Å². The van der Waals surface area contributed by atoms with Crippen LogP contribution in [0.3, 0.4) is 0 Å². The van der Waals surface area contributed by atoms with Crippen LogP contribution in [0.15, 0.2) is 36.8 Å². The first-order valence-electron chi connectivity index (χ1n) is 9.27. The Bertz CT molecular complexity index is 975. The summed E-state index contributed by atoms with van der Waals surface area (Å²) in [6.45, 7) is 5.01. The molecule has 1 fully saturated rings. The van der Waals surface area contributed by atoms with E-state index in [2.05, 4.69) is 34.1 Å². The number of hydrogen-bond acceptors (Lipinski definition) is 6. The van der Waals surface area contributed by atoms with E-state index in [1.165, 1.54) is 23.3 Å². The Morgan fingerprint density at radius 1 is 1.18 bits per heavy atom. The van der Waals surface area contributed by atoms with Crippen LogP contribution in [-0.4, -0.2) is 21.5 Å². The van der Waals surface area contributed by atoms with Crippen molar-refractivity contribution in [2.75, 3.05) is 16.8 Å². The van der Waals surface area contributed by atoms with E-state index in [4.69, 9.17) is 0 Å². The number of anilines is 3. The molecular formula is C20H21F2N5S. The SMILES string of the molecule is CC(C)c1cnc(Nc2cc(N3CCCC3c3ccc(F)cc3F)ncn2)s1. The van der Waals surface area contributed by atoms with Crippen LogP contribution < -0.4 is 10.2 Å². The monoisotopic (exact) mass is 401 g/mol. The van der Waals surface area contributed by atoms with Gasteiger partial charge in [-0.25, -0.2) is 23.7 Å². The number of hydrogen-bond donors (Lipinski definition) is 1. The molecule has 1 aromatic carbocycles. The van der Waals surface area contributed by atoms with Gasteiger partial charge in [0.05, 0.1) is 6.04 Å². The van der Waals surface area contributed by atoms with Crippen molar-refractivity contribution >= 4 is 28.1 Å². The van der Waals surface area contributed by atoms with Gasteiger partial charge in [-0.1, -0.05) is 19.9 Å². The highest BCUT2D eigenvalue weighted by molar-refractivity contribution is 7.15. The number of benzene rings is 1. The molecule has 0 spiro atoms. The lowest BCUT2D eigenvalue weighted by atomic mass is 10.0. The number of nitrogens with zero attached hydrogens (tertiary/aromatic N) is 4. The summed E-state index contributed by atoms with van der Waals surface area (Å²) in [5.41, 5.74) is 0.494. The van der Waals surface area contributed by atoms with Gasteiger partial charge in [0.2, 0.25) is 0 Å². The standard InChI is InChI=1S/C20H21F2N5S/c1-12(2)17-10-23-20(28-17)26-18-9-19(25-11-24-18)27-7-3-4-16(27)14-6-5-13(21)8-15(14)22/h5-6,8-12,16H,3-4,7H2,1-2H3,(H,23,24,25,26). The fourth-order valence-corrected chi connectivity index (χ4v) is 4.25. The van der Waals surface area contributed by atoms with Crippen molar-refractivity contribution in [1.82, 2.24) is 15.0 Å². The zero-order valence-corrected chi connectivity index (χ0v) is 16.5. The van der Waals surface area contributed by atoms with E-state index < -0.39 is 11.6 Å². The van der Waals surface area contributed by atoms with Crippen LogP contribution in [0.25, 0.3) is 0 Å². The van der Waals surface area contributed by atoms with Crippen LogP contribution in [-0.2, 0) is 0 Å². The quantitative estimate of drug-likeness (QED) is 0.619. The Labute approximate surface area is 166 Å². The predicted octanol–water partition coefficient (Wildman–Crippen LogP) is 5.42. The third kappa shape index (κ3) is 3.82. The van der Waals surface area contributed by atoms with E-state index in [0.29, 0.717) is 23.1 Å². The van der Waals surface area contributed by atoms with Crippen LogP contribution in [0.5, 0.6) is 0 Å². The van der Waals surface area contributed by atoms with Gasteiger partial charge in [0.15, 0.2) is 5.13 Å². The summed E-state index contributed by atoms with van der Waals surface area (Å²) in [5.74, 6) is 0.686.